The minimum absolute atomic E-state index is 0.438. The standard InChI is InChI=1S/C16H21N2O3PS2/c1-3-10-23-22(19,20-4-2)24-12-14-11-16(18-13-17-14)21-15-8-6-5-7-9-15/h5-9,11,13H,3-4,10,12H2,1-2H3. The van der Waals surface area contributed by atoms with Gasteiger partial charge in [0, 0.05) is 17.6 Å². The van der Waals surface area contributed by atoms with Crippen molar-refractivity contribution in [3.8, 4) is 11.6 Å². The molecule has 0 bridgehead atoms. The van der Waals surface area contributed by atoms with Gasteiger partial charge in [-0.1, -0.05) is 47.9 Å². The van der Waals surface area contributed by atoms with E-state index < -0.39 is 5.77 Å². The molecular formula is C16H21N2O3PS2. The zero-order chi connectivity index (χ0) is 17.3. The van der Waals surface area contributed by atoms with E-state index in [1.165, 1.54) is 29.1 Å². The summed E-state index contributed by atoms with van der Waals surface area (Å²) in [7, 11) is 0. The van der Waals surface area contributed by atoms with Gasteiger partial charge in [0.25, 0.3) is 0 Å². The summed E-state index contributed by atoms with van der Waals surface area (Å²) in [4.78, 5) is 8.34. The maximum absolute atomic E-state index is 12.8. The van der Waals surface area contributed by atoms with E-state index in [0.717, 1.165) is 17.9 Å². The Balaban J connectivity index is 1.99. The molecule has 0 spiro atoms. The Morgan fingerprint density at radius 2 is 1.92 bits per heavy atom. The molecule has 1 atom stereocenters. The summed E-state index contributed by atoms with van der Waals surface area (Å²) in [5.74, 6) is -0.260. The van der Waals surface area contributed by atoms with Crippen molar-refractivity contribution < 1.29 is 13.8 Å². The second-order valence-electron chi connectivity index (χ2n) is 4.73. The average molecular weight is 384 g/mol. The highest BCUT2D eigenvalue weighted by Crippen LogP contribution is 2.70. The van der Waals surface area contributed by atoms with E-state index in [0.29, 0.717) is 24.0 Å². The van der Waals surface area contributed by atoms with E-state index in [1.807, 2.05) is 37.3 Å². The Bertz CT molecular complexity index is 673. The van der Waals surface area contributed by atoms with Crippen LogP contribution in [0.3, 0.4) is 0 Å². The lowest BCUT2D eigenvalue weighted by molar-refractivity contribution is 0.357. The fourth-order valence-electron chi connectivity index (χ4n) is 1.74. The van der Waals surface area contributed by atoms with Crippen LogP contribution in [0.25, 0.3) is 0 Å². The summed E-state index contributed by atoms with van der Waals surface area (Å²) in [6, 6.07) is 11.2. The molecule has 5 nitrogen and oxygen atoms in total. The van der Waals surface area contributed by atoms with Crippen LogP contribution in [0, 0.1) is 0 Å². The molecule has 2 rings (SSSR count). The lowest BCUT2D eigenvalue weighted by Gasteiger charge is -2.15. The van der Waals surface area contributed by atoms with Crippen LogP contribution in [0.4, 0.5) is 0 Å². The normalized spacial score (nSPS) is 13.4. The number of hydrogen-bond acceptors (Lipinski definition) is 7. The van der Waals surface area contributed by atoms with Crippen molar-refractivity contribution in [1.29, 1.82) is 0 Å². The number of benzene rings is 1. The van der Waals surface area contributed by atoms with Gasteiger partial charge in [0.05, 0.1) is 12.3 Å². The molecule has 1 unspecified atom stereocenters. The summed E-state index contributed by atoms with van der Waals surface area (Å²) in [5.41, 5.74) is 0.762. The van der Waals surface area contributed by atoms with E-state index in [9.17, 15) is 4.57 Å². The molecule has 1 heterocycles. The fraction of sp³-hybridized carbons (Fsp3) is 0.375. The zero-order valence-corrected chi connectivity index (χ0v) is 16.3. The summed E-state index contributed by atoms with van der Waals surface area (Å²) in [5, 5.41) is 0. The van der Waals surface area contributed by atoms with Gasteiger partial charge >= 0.3 is 5.77 Å². The second-order valence-corrected chi connectivity index (χ2v) is 12.2. The van der Waals surface area contributed by atoms with E-state index in [2.05, 4.69) is 16.9 Å². The van der Waals surface area contributed by atoms with E-state index in [-0.39, 0.29) is 0 Å². The topological polar surface area (TPSA) is 61.3 Å². The maximum Gasteiger partial charge on any atom is 0.313 e. The van der Waals surface area contributed by atoms with Crippen molar-refractivity contribution in [2.75, 3.05) is 12.4 Å². The largest absolute Gasteiger partial charge is 0.439 e. The number of hydrogen-bond donors (Lipinski definition) is 0. The van der Waals surface area contributed by atoms with Crippen molar-refractivity contribution in [3.63, 3.8) is 0 Å². The first-order chi connectivity index (χ1) is 11.6. The van der Waals surface area contributed by atoms with Gasteiger partial charge in [-0.15, -0.1) is 0 Å². The quantitative estimate of drug-likeness (QED) is 0.480. The molecule has 0 amide bonds. The molecule has 130 valence electrons. The molecule has 1 aromatic carbocycles. The van der Waals surface area contributed by atoms with Crippen LogP contribution in [0.1, 0.15) is 26.0 Å². The lowest BCUT2D eigenvalue weighted by atomic mass is 10.3. The first kappa shape index (κ1) is 19.3. The fourth-order valence-corrected chi connectivity index (χ4v) is 8.34. The maximum atomic E-state index is 12.8. The molecule has 2 aromatic rings. The average Bonchev–Trinajstić information content (AvgIpc) is 2.60. The van der Waals surface area contributed by atoms with Crippen LogP contribution < -0.4 is 4.74 Å². The molecule has 0 aliphatic rings. The van der Waals surface area contributed by atoms with Crippen molar-refractivity contribution in [1.82, 2.24) is 9.97 Å². The Kier molecular flexibility index (Phi) is 8.12. The van der Waals surface area contributed by atoms with Gasteiger partial charge in [-0.05, 0) is 25.5 Å². The van der Waals surface area contributed by atoms with Gasteiger partial charge in [0.2, 0.25) is 5.88 Å². The molecule has 1 aromatic heterocycles. The molecule has 0 saturated heterocycles. The van der Waals surface area contributed by atoms with Crippen LogP contribution in [-0.2, 0) is 14.8 Å². The molecule has 0 radical (unpaired) electrons. The van der Waals surface area contributed by atoms with E-state index >= 15 is 0 Å². The number of ether oxygens (including phenoxy) is 1. The summed E-state index contributed by atoms with van der Waals surface area (Å²) in [6.07, 6.45) is 2.42. The third kappa shape index (κ3) is 6.48. The SMILES string of the molecule is CCCSP(=O)(OCC)SCc1cc(Oc2ccccc2)ncn1. The van der Waals surface area contributed by atoms with Gasteiger partial charge in [-0.2, -0.15) is 0 Å². The van der Waals surface area contributed by atoms with Crippen molar-refractivity contribution in [2.45, 2.75) is 26.0 Å². The molecule has 0 aliphatic carbocycles. The molecule has 0 fully saturated rings. The highest BCUT2D eigenvalue weighted by Gasteiger charge is 2.24. The molecular weight excluding hydrogens is 363 g/mol. The monoisotopic (exact) mass is 384 g/mol. The summed E-state index contributed by atoms with van der Waals surface area (Å²) >= 11 is 2.70. The third-order valence-electron chi connectivity index (χ3n) is 2.78. The van der Waals surface area contributed by atoms with E-state index in [1.54, 1.807) is 6.07 Å². The summed E-state index contributed by atoms with van der Waals surface area (Å²) < 4.78 is 23.9. The highest BCUT2D eigenvalue weighted by atomic mass is 33.1. The lowest BCUT2D eigenvalue weighted by Crippen LogP contribution is -1.93. The molecule has 8 heteroatoms. The zero-order valence-electron chi connectivity index (χ0n) is 13.8. The molecule has 0 N–H and O–H groups in total. The van der Waals surface area contributed by atoms with Crippen molar-refractivity contribution >= 4 is 28.5 Å². The van der Waals surface area contributed by atoms with Crippen LogP contribution in [0.5, 0.6) is 11.6 Å². The Morgan fingerprint density at radius 1 is 1.12 bits per heavy atom. The van der Waals surface area contributed by atoms with Crippen LogP contribution in [0.15, 0.2) is 42.7 Å². The van der Waals surface area contributed by atoms with Crippen LogP contribution in [-0.4, -0.2) is 22.3 Å². The molecule has 0 saturated carbocycles. The number of aromatic nitrogens is 2. The first-order valence-corrected chi connectivity index (χ1v) is 12.5. The predicted molar refractivity (Wildman–Crippen MR) is 102 cm³/mol. The molecule has 0 aliphatic heterocycles. The Hall–Kier alpha value is -1.01. The smallest absolute Gasteiger partial charge is 0.313 e. The van der Waals surface area contributed by atoms with Crippen LogP contribution >= 0.6 is 28.5 Å². The second kappa shape index (κ2) is 10.1. The number of para-hydroxylation sites is 1. The number of rotatable bonds is 10. The Morgan fingerprint density at radius 3 is 2.62 bits per heavy atom. The van der Waals surface area contributed by atoms with Gasteiger partial charge < -0.3 is 9.26 Å². The van der Waals surface area contributed by atoms with E-state index in [4.69, 9.17) is 9.26 Å². The Labute approximate surface area is 150 Å². The van der Waals surface area contributed by atoms with Gasteiger partial charge in [-0.25, -0.2) is 9.97 Å². The predicted octanol–water partition coefficient (Wildman–Crippen LogP) is 5.79. The number of nitrogens with zero attached hydrogens (tertiary/aromatic N) is 2. The van der Waals surface area contributed by atoms with Gasteiger partial charge in [-0.3, -0.25) is 4.57 Å². The third-order valence-corrected chi connectivity index (χ3v) is 10.4. The highest BCUT2D eigenvalue weighted by molar-refractivity contribution is 8.89. The van der Waals surface area contributed by atoms with Crippen molar-refractivity contribution in [2.24, 2.45) is 0 Å². The first-order valence-electron chi connectivity index (χ1n) is 7.72. The summed E-state index contributed by atoms with van der Waals surface area (Å²) in [6.45, 7) is 4.36. The minimum atomic E-state index is -2.75. The molecule has 24 heavy (non-hydrogen) atoms. The minimum Gasteiger partial charge on any atom is -0.439 e. The van der Waals surface area contributed by atoms with Crippen LogP contribution in [0.2, 0.25) is 0 Å². The van der Waals surface area contributed by atoms with Gasteiger partial charge in [0.15, 0.2) is 0 Å². The van der Waals surface area contributed by atoms with Gasteiger partial charge in [0.1, 0.15) is 12.1 Å². The van der Waals surface area contributed by atoms with Crippen molar-refractivity contribution in [3.05, 3.63) is 48.4 Å².